The van der Waals surface area contributed by atoms with Crippen molar-refractivity contribution in [1.29, 1.82) is 15.9 Å². The van der Waals surface area contributed by atoms with E-state index < -0.39 is 5.41 Å². The van der Waals surface area contributed by atoms with Crippen molar-refractivity contribution in [2.75, 3.05) is 7.05 Å². The number of amides is 1. The second kappa shape index (κ2) is 6.40. The first kappa shape index (κ1) is 17.8. The second-order valence-corrected chi connectivity index (χ2v) is 7.79. The lowest BCUT2D eigenvalue weighted by Gasteiger charge is -2.42. The molecule has 1 aliphatic heterocycles. The van der Waals surface area contributed by atoms with Crippen molar-refractivity contribution in [3.63, 3.8) is 0 Å². The van der Waals surface area contributed by atoms with Crippen LogP contribution in [-0.2, 0) is 10.2 Å². The highest BCUT2D eigenvalue weighted by Gasteiger charge is 2.45. The maximum Gasteiger partial charge on any atom is 0.231 e. The number of carbonyl (C=O) groups is 1. The van der Waals surface area contributed by atoms with Crippen molar-refractivity contribution in [1.82, 2.24) is 4.90 Å². The zero-order chi connectivity index (χ0) is 19.1. The molecule has 2 aromatic rings. The summed E-state index contributed by atoms with van der Waals surface area (Å²) >= 11 is 1.55. The SMILES string of the molecule is C[C@H]1C(=O)N(C)C(=N)C[C@]1(C)c1cc(-c2cc(C#N)cc(C#N)c2)cs1. The first-order chi connectivity index (χ1) is 12.3. The van der Waals surface area contributed by atoms with Crippen molar-refractivity contribution < 1.29 is 4.79 Å². The largest absolute Gasteiger partial charge is 0.304 e. The Hall–Kier alpha value is -2.96. The third-order valence-corrected chi connectivity index (χ3v) is 6.49. The number of nitriles is 2. The average Bonchev–Trinajstić information content (AvgIpc) is 3.15. The third kappa shape index (κ3) is 2.79. The Morgan fingerprint density at radius 2 is 1.81 bits per heavy atom. The number of likely N-dealkylation sites (tertiary alicyclic amines) is 1. The molecule has 0 saturated carbocycles. The summed E-state index contributed by atoms with van der Waals surface area (Å²) in [6.07, 6.45) is 0.498. The van der Waals surface area contributed by atoms with E-state index in [9.17, 15) is 15.3 Å². The van der Waals surface area contributed by atoms with Crippen LogP contribution in [0, 0.1) is 34.0 Å². The lowest BCUT2D eigenvalue weighted by atomic mass is 9.70. The number of piperidine rings is 1. The summed E-state index contributed by atoms with van der Waals surface area (Å²) in [5.74, 6) is 0.0500. The molecule has 1 aromatic carbocycles. The van der Waals surface area contributed by atoms with E-state index in [4.69, 9.17) is 5.41 Å². The summed E-state index contributed by atoms with van der Waals surface area (Å²) in [5.41, 5.74) is 2.19. The van der Waals surface area contributed by atoms with E-state index in [0.29, 0.717) is 23.4 Å². The molecule has 5 nitrogen and oxygen atoms in total. The molecule has 0 radical (unpaired) electrons. The summed E-state index contributed by atoms with van der Waals surface area (Å²) < 4.78 is 0. The van der Waals surface area contributed by atoms with Gasteiger partial charge in [-0.2, -0.15) is 10.5 Å². The van der Waals surface area contributed by atoms with Crippen molar-refractivity contribution in [2.24, 2.45) is 5.92 Å². The van der Waals surface area contributed by atoms with Gasteiger partial charge in [0.1, 0.15) is 5.84 Å². The standard InChI is InChI=1S/C20H18N4OS/c1-12-19(25)24(3)18(23)8-20(12,2)17-7-16(11-26-17)15-5-13(9-21)4-14(6-15)10-22/h4-7,11-12,23H,8H2,1-3H3/t12-,20-/m0/s1. The highest BCUT2D eigenvalue weighted by atomic mass is 32.1. The molecule has 0 bridgehead atoms. The van der Waals surface area contributed by atoms with Gasteiger partial charge in [0, 0.05) is 29.7 Å². The van der Waals surface area contributed by atoms with Crippen LogP contribution < -0.4 is 0 Å². The molecule has 0 unspecified atom stereocenters. The van der Waals surface area contributed by atoms with E-state index in [1.807, 2.05) is 25.3 Å². The molecule has 1 aliphatic rings. The molecule has 1 amide bonds. The number of amidine groups is 1. The number of hydrogen-bond acceptors (Lipinski definition) is 5. The Morgan fingerprint density at radius 1 is 1.19 bits per heavy atom. The lowest BCUT2D eigenvalue weighted by molar-refractivity contribution is -0.133. The van der Waals surface area contributed by atoms with E-state index >= 15 is 0 Å². The predicted octanol–water partition coefficient (Wildman–Crippen LogP) is 3.89. The Morgan fingerprint density at radius 3 is 2.38 bits per heavy atom. The van der Waals surface area contributed by atoms with Gasteiger partial charge in [0.25, 0.3) is 0 Å². The molecule has 1 saturated heterocycles. The fourth-order valence-electron chi connectivity index (χ4n) is 3.33. The van der Waals surface area contributed by atoms with Crippen LogP contribution >= 0.6 is 11.3 Å². The number of nitrogens with zero attached hydrogens (tertiary/aromatic N) is 3. The smallest absolute Gasteiger partial charge is 0.231 e. The first-order valence-electron chi connectivity index (χ1n) is 8.20. The van der Waals surface area contributed by atoms with Gasteiger partial charge in [-0.05, 0) is 40.8 Å². The fraction of sp³-hybridized carbons (Fsp3) is 0.300. The van der Waals surface area contributed by atoms with E-state index in [1.165, 1.54) is 4.90 Å². The van der Waals surface area contributed by atoms with Gasteiger partial charge in [-0.1, -0.05) is 13.8 Å². The monoisotopic (exact) mass is 362 g/mol. The Balaban J connectivity index is 2.03. The highest BCUT2D eigenvalue weighted by Crippen LogP contribution is 2.44. The zero-order valence-corrected chi connectivity index (χ0v) is 15.6. The van der Waals surface area contributed by atoms with Crippen LogP contribution in [-0.4, -0.2) is 23.7 Å². The molecule has 6 heteroatoms. The maximum atomic E-state index is 12.5. The van der Waals surface area contributed by atoms with E-state index in [0.717, 1.165) is 16.0 Å². The van der Waals surface area contributed by atoms with Crippen LogP contribution in [0.25, 0.3) is 11.1 Å². The maximum absolute atomic E-state index is 12.5. The quantitative estimate of drug-likeness (QED) is 0.878. The third-order valence-electron chi connectivity index (χ3n) is 5.28. The van der Waals surface area contributed by atoms with Crippen LogP contribution in [0.3, 0.4) is 0 Å². The number of carbonyl (C=O) groups excluding carboxylic acids is 1. The van der Waals surface area contributed by atoms with Gasteiger partial charge in [-0.15, -0.1) is 11.3 Å². The molecule has 130 valence electrons. The molecule has 1 N–H and O–H groups in total. The summed E-state index contributed by atoms with van der Waals surface area (Å²) in [6, 6.07) is 11.3. The topological polar surface area (TPSA) is 91.7 Å². The Labute approximate surface area is 156 Å². The minimum Gasteiger partial charge on any atom is -0.304 e. The molecule has 1 fully saturated rings. The molecule has 2 atom stereocenters. The van der Waals surface area contributed by atoms with Crippen LogP contribution in [0.1, 0.15) is 36.3 Å². The highest BCUT2D eigenvalue weighted by molar-refractivity contribution is 7.10. The number of nitrogens with one attached hydrogen (secondary N) is 1. The van der Waals surface area contributed by atoms with Gasteiger partial charge in [0.15, 0.2) is 0 Å². The summed E-state index contributed by atoms with van der Waals surface area (Å²) in [4.78, 5) is 14.9. The average molecular weight is 362 g/mol. The molecular weight excluding hydrogens is 344 g/mol. The minimum absolute atomic E-state index is 0.0445. The van der Waals surface area contributed by atoms with Gasteiger partial charge >= 0.3 is 0 Å². The minimum atomic E-state index is -0.436. The van der Waals surface area contributed by atoms with Crippen molar-refractivity contribution in [3.8, 4) is 23.3 Å². The number of rotatable bonds is 2. The number of thiophene rings is 1. The molecule has 0 aliphatic carbocycles. The Bertz CT molecular complexity index is 962. The zero-order valence-electron chi connectivity index (χ0n) is 14.8. The molecule has 2 heterocycles. The summed E-state index contributed by atoms with van der Waals surface area (Å²) in [6.45, 7) is 3.94. The van der Waals surface area contributed by atoms with Gasteiger partial charge in [-0.3, -0.25) is 10.2 Å². The van der Waals surface area contributed by atoms with E-state index in [2.05, 4.69) is 12.1 Å². The molecule has 26 heavy (non-hydrogen) atoms. The van der Waals surface area contributed by atoms with Crippen LogP contribution in [0.4, 0.5) is 0 Å². The summed E-state index contributed by atoms with van der Waals surface area (Å²) in [5, 5.41) is 28.5. The van der Waals surface area contributed by atoms with Crippen molar-refractivity contribution in [3.05, 3.63) is 45.6 Å². The lowest BCUT2D eigenvalue weighted by Crippen LogP contribution is -2.52. The van der Waals surface area contributed by atoms with Gasteiger partial charge in [0.05, 0.1) is 23.3 Å². The Kier molecular flexibility index (Phi) is 4.39. The predicted molar refractivity (Wildman–Crippen MR) is 101 cm³/mol. The van der Waals surface area contributed by atoms with E-state index in [-0.39, 0.29) is 11.8 Å². The van der Waals surface area contributed by atoms with E-state index in [1.54, 1.807) is 36.6 Å². The van der Waals surface area contributed by atoms with Gasteiger partial charge in [-0.25, -0.2) is 0 Å². The van der Waals surface area contributed by atoms with Gasteiger partial charge in [0.2, 0.25) is 5.91 Å². The molecule has 3 rings (SSSR count). The van der Waals surface area contributed by atoms with Crippen molar-refractivity contribution >= 4 is 23.1 Å². The fourth-order valence-corrected chi connectivity index (χ4v) is 4.50. The normalized spacial score (nSPS) is 22.8. The molecular formula is C20H18N4OS. The van der Waals surface area contributed by atoms with Crippen LogP contribution in [0.15, 0.2) is 29.6 Å². The summed E-state index contributed by atoms with van der Waals surface area (Å²) in [7, 11) is 1.65. The molecule has 0 spiro atoms. The van der Waals surface area contributed by atoms with Crippen LogP contribution in [0.5, 0.6) is 0 Å². The van der Waals surface area contributed by atoms with Crippen molar-refractivity contribution in [2.45, 2.75) is 25.7 Å². The first-order valence-corrected chi connectivity index (χ1v) is 9.08. The number of hydrogen-bond donors (Lipinski definition) is 1. The second-order valence-electron chi connectivity index (χ2n) is 6.88. The van der Waals surface area contributed by atoms with Crippen LogP contribution in [0.2, 0.25) is 0 Å². The van der Waals surface area contributed by atoms with Gasteiger partial charge < -0.3 is 4.90 Å². The number of benzene rings is 1. The molecule has 1 aromatic heterocycles.